The van der Waals surface area contributed by atoms with Gasteiger partial charge in [0.05, 0.1) is 17.5 Å². The molecule has 0 heterocycles. The number of nitrogens with zero attached hydrogens (tertiary/aromatic N) is 1. The lowest BCUT2D eigenvalue weighted by atomic mass is 10.1. The van der Waals surface area contributed by atoms with E-state index in [-0.39, 0.29) is 25.0 Å². The van der Waals surface area contributed by atoms with Crippen LogP contribution < -0.4 is 15.8 Å². The minimum atomic E-state index is -0.317. The van der Waals surface area contributed by atoms with E-state index in [4.69, 9.17) is 38.9 Å². The molecular formula is C14H17Cl2N3O2. The zero-order valence-electron chi connectivity index (χ0n) is 11.7. The zero-order valence-corrected chi connectivity index (χ0v) is 13.2. The molecule has 0 saturated carbocycles. The minimum absolute atomic E-state index is 0.0914. The molecule has 114 valence electrons. The van der Waals surface area contributed by atoms with Crippen molar-refractivity contribution in [2.45, 2.75) is 25.8 Å². The van der Waals surface area contributed by atoms with Crippen LogP contribution in [0.2, 0.25) is 10.0 Å². The molecule has 1 rings (SSSR count). The van der Waals surface area contributed by atoms with Crippen molar-refractivity contribution in [3.8, 4) is 11.8 Å². The number of hydrogen-bond acceptors (Lipinski definition) is 4. The average Bonchev–Trinajstić information content (AvgIpc) is 2.37. The molecule has 0 aliphatic heterocycles. The summed E-state index contributed by atoms with van der Waals surface area (Å²) in [5.74, 6) is 0.0943. The van der Waals surface area contributed by atoms with Crippen molar-refractivity contribution in [1.29, 1.82) is 5.26 Å². The maximum atomic E-state index is 11.6. The van der Waals surface area contributed by atoms with Crippen LogP contribution in [0.5, 0.6) is 5.75 Å². The lowest BCUT2D eigenvalue weighted by molar-refractivity contribution is -0.123. The molecule has 3 N–H and O–H groups in total. The van der Waals surface area contributed by atoms with Crippen LogP contribution in [0.4, 0.5) is 0 Å². The quantitative estimate of drug-likeness (QED) is 0.751. The van der Waals surface area contributed by atoms with Gasteiger partial charge in [0.25, 0.3) is 5.91 Å². The molecule has 1 atom stereocenters. The molecule has 1 aromatic rings. The predicted octanol–water partition coefficient (Wildman–Crippen LogP) is 2.29. The van der Waals surface area contributed by atoms with Gasteiger partial charge in [0.15, 0.2) is 6.61 Å². The molecule has 0 aromatic heterocycles. The number of amides is 1. The van der Waals surface area contributed by atoms with Gasteiger partial charge in [0.1, 0.15) is 5.75 Å². The van der Waals surface area contributed by atoms with Gasteiger partial charge in [-0.15, -0.1) is 0 Å². The summed E-state index contributed by atoms with van der Waals surface area (Å²) in [6.45, 7) is 1.96. The van der Waals surface area contributed by atoms with Crippen molar-refractivity contribution >= 4 is 29.1 Å². The SMILES string of the molecule is CC(N)Cc1cc(Cl)cc(Cl)c1OCC(=O)NCCC#N. The number of nitrogens with two attached hydrogens (primary N) is 1. The number of nitriles is 1. The molecule has 1 unspecified atom stereocenters. The van der Waals surface area contributed by atoms with Gasteiger partial charge in [-0.2, -0.15) is 5.26 Å². The first-order valence-corrected chi connectivity index (χ1v) is 7.19. The molecule has 0 fully saturated rings. The van der Waals surface area contributed by atoms with E-state index in [2.05, 4.69) is 5.32 Å². The maximum Gasteiger partial charge on any atom is 0.257 e. The molecule has 5 nitrogen and oxygen atoms in total. The third-order valence-corrected chi connectivity index (χ3v) is 3.03. The molecule has 1 amide bonds. The van der Waals surface area contributed by atoms with E-state index in [1.54, 1.807) is 12.1 Å². The number of benzene rings is 1. The van der Waals surface area contributed by atoms with Crippen molar-refractivity contribution in [3.05, 3.63) is 27.7 Å². The Morgan fingerprint density at radius 1 is 1.52 bits per heavy atom. The van der Waals surface area contributed by atoms with Crippen LogP contribution in [0.15, 0.2) is 12.1 Å². The summed E-state index contributed by atoms with van der Waals surface area (Å²) in [5.41, 5.74) is 6.54. The number of nitrogens with one attached hydrogen (secondary N) is 1. The van der Waals surface area contributed by atoms with Gasteiger partial charge in [0.2, 0.25) is 0 Å². The Bertz CT molecular complexity index is 542. The van der Waals surface area contributed by atoms with Crippen LogP contribution in [-0.2, 0) is 11.2 Å². The largest absolute Gasteiger partial charge is 0.482 e. The number of halogens is 2. The first kappa shape index (κ1) is 17.6. The van der Waals surface area contributed by atoms with Gasteiger partial charge < -0.3 is 15.8 Å². The van der Waals surface area contributed by atoms with E-state index < -0.39 is 0 Å². The smallest absolute Gasteiger partial charge is 0.257 e. The lowest BCUT2D eigenvalue weighted by Crippen LogP contribution is -2.29. The summed E-state index contributed by atoms with van der Waals surface area (Å²) in [6.07, 6.45) is 0.787. The fourth-order valence-corrected chi connectivity index (χ4v) is 2.31. The molecule has 21 heavy (non-hydrogen) atoms. The number of carbonyl (C=O) groups is 1. The summed E-state index contributed by atoms with van der Waals surface area (Å²) in [4.78, 5) is 11.6. The van der Waals surface area contributed by atoms with Crippen molar-refractivity contribution in [1.82, 2.24) is 5.32 Å². The highest BCUT2D eigenvalue weighted by Crippen LogP contribution is 2.33. The van der Waals surface area contributed by atoms with Gasteiger partial charge in [-0.1, -0.05) is 23.2 Å². The predicted molar refractivity (Wildman–Crippen MR) is 82.6 cm³/mol. The Hall–Kier alpha value is -1.48. The van der Waals surface area contributed by atoms with Crippen molar-refractivity contribution in [2.75, 3.05) is 13.2 Å². The summed E-state index contributed by atoms with van der Waals surface area (Å²) >= 11 is 12.1. The minimum Gasteiger partial charge on any atom is -0.482 e. The Kier molecular flexibility index (Phi) is 7.30. The molecule has 7 heteroatoms. The fourth-order valence-electron chi connectivity index (χ4n) is 1.72. The van der Waals surface area contributed by atoms with Gasteiger partial charge in [-0.25, -0.2) is 0 Å². The van der Waals surface area contributed by atoms with Crippen LogP contribution in [0.25, 0.3) is 0 Å². The normalized spacial score (nSPS) is 11.6. The topological polar surface area (TPSA) is 88.1 Å². The second-order valence-corrected chi connectivity index (χ2v) is 5.45. The van der Waals surface area contributed by atoms with E-state index in [1.165, 1.54) is 0 Å². The van der Waals surface area contributed by atoms with Crippen LogP contribution in [0.3, 0.4) is 0 Å². The highest BCUT2D eigenvalue weighted by atomic mass is 35.5. The number of rotatable bonds is 7. The van der Waals surface area contributed by atoms with Crippen LogP contribution in [0.1, 0.15) is 18.9 Å². The summed E-state index contributed by atoms with van der Waals surface area (Å²) < 4.78 is 5.48. The highest BCUT2D eigenvalue weighted by Gasteiger charge is 2.14. The summed E-state index contributed by atoms with van der Waals surface area (Å²) in [7, 11) is 0. The van der Waals surface area contributed by atoms with Crippen molar-refractivity contribution in [3.63, 3.8) is 0 Å². The second kappa shape index (κ2) is 8.73. The maximum absolute atomic E-state index is 11.6. The molecular weight excluding hydrogens is 313 g/mol. The van der Waals surface area contributed by atoms with Crippen LogP contribution >= 0.6 is 23.2 Å². The molecule has 0 bridgehead atoms. The average molecular weight is 330 g/mol. The molecule has 0 radical (unpaired) electrons. The molecule has 0 saturated heterocycles. The Balaban J connectivity index is 2.73. The monoisotopic (exact) mass is 329 g/mol. The van der Waals surface area contributed by atoms with Crippen molar-refractivity contribution < 1.29 is 9.53 Å². The van der Waals surface area contributed by atoms with Gasteiger partial charge in [-0.05, 0) is 31.0 Å². The van der Waals surface area contributed by atoms with E-state index in [9.17, 15) is 4.79 Å². The van der Waals surface area contributed by atoms with E-state index in [0.717, 1.165) is 5.56 Å². The Morgan fingerprint density at radius 2 is 2.24 bits per heavy atom. The molecule has 1 aromatic carbocycles. The number of carbonyl (C=O) groups excluding carboxylic acids is 1. The van der Waals surface area contributed by atoms with Gasteiger partial charge in [-0.3, -0.25) is 4.79 Å². The fraction of sp³-hybridized carbons (Fsp3) is 0.429. The standard InChI is InChI=1S/C14H17Cl2N3O2/c1-9(18)5-10-6-11(15)7-12(16)14(10)21-8-13(20)19-4-2-3-17/h6-7,9H,2,4-5,8,18H2,1H3,(H,19,20). The Morgan fingerprint density at radius 3 is 2.86 bits per heavy atom. The molecule has 0 spiro atoms. The van der Waals surface area contributed by atoms with Crippen LogP contribution in [0, 0.1) is 11.3 Å². The lowest BCUT2D eigenvalue weighted by Gasteiger charge is -2.15. The highest BCUT2D eigenvalue weighted by molar-refractivity contribution is 6.35. The van der Waals surface area contributed by atoms with Crippen molar-refractivity contribution in [2.24, 2.45) is 5.73 Å². The van der Waals surface area contributed by atoms with E-state index in [1.807, 2.05) is 13.0 Å². The summed E-state index contributed by atoms with van der Waals surface area (Å²) in [5, 5.41) is 11.8. The Labute approximate surface area is 134 Å². The molecule has 0 aliphatic carbocycles. The van der Waals surface area contributed by atoms with Gasteiger partial charge in [0, 0.05) is 17.6 Å². The molecule has 0 aliphatic rings. The van der Waals surface area contributed by atoms with E-state index in [0.29, 0.717) is 28.8 Å². The van der Waals surface area contributed by atoms with Crippen LogP contribution in [-0.4, -0.2) is 25.1 Å². The van der Waals surface area contributed by atoms with E-state index >= 15 is 0 Å². The number of hydrogen-bond donors (Lipinski definition) is 2. The number of ether oxygens (including phenoxy) is 1. The zero-order chi connectivity index (χ0) is 15.8. The second-order valence-electron chi connectivity index (χ2n) is 4.60. The first-order valence-electron chi connectivity index (χ1n) is 6.44. The third-order valence-electron chi connectivity index (χ3n) is 2.53. The summed E-state index contributed by atoms with van der Waals surface area (Å²) in [6, 6.07) is 5.12. The third kappa shape index (κ3) is 6.21. The van der Waals surface area contributed by atoms with Gasteiger partial charge >= 0.3 is 0 Å². The first-order chi connectivity index (χ1) is 9.93.